The molecule has 3 atom stereocenters. The Morgan fingerprint density at radius 3 is 2.42 bits per heavy atom. The Bertz CT molecular complexity index is 428. The van der Waals surface area contributed by atoms with Gasteiger partial charge in [-0.25, -0.2) is 0 Å². The molecule has 0 bridgehead atoms. The van der Waals surface area contributed by atoms with Gasteiger partial charge in [-0.05, 0) is 17.7 Å². The molecule has 0 aliphatic heterocycles. The Morgan fingerprint density at radius 1 is 1.26 bits per heavy atom. The minimum Gasteiger partial charge on any atom is -0.497 e. The third-order valence-corrected chi connectivity index (χ3v) is 3.57. The van der Waals surface area contributed by atoms with E-state index in [1.165, 1.54) is 0 Å². The SMILES string of the molecule is COc1ccc(COC[C@H]2[C@H](CO)[C@@H]2C(=O)O)cc1. The van der Waals surface area contributed by atoms with Gasteiger partial charge in [-0.3, -0.25) is 4.79 Å². The van der Waals surface area contributed by atoms with Crippen molar-refractivity contribution in [1.29, 1.82) is 0 Å². The van der Waals surface area contributed by atoms with E-state index in [-0.39, 0.29) is 18.4 Å². The normalized spacial score (nSPS) is 25.1. The lowest BCUT2D eigenvalue weighted by atomic mass is 10.2. The van der Waals surface area contributed by atoms with Crippen LogP contribution in [0, 0.1) is 17.8 Å². The first-order valence-corrected chi connectivity index (χ1v) is 6.21. The van der Waals surface area contributed by atoms with Crippen LogP contribution in [0.15, 0.2) is 24.3 Å². The monoisotopic (exact) mass is 266 g/mol. The van der Waals surface area contributed by atoms with Gasteiger partial charge in [-0.1, -0.05) is 12.1 Å². The van der Waals surface area contributed by atoms with E-state index in [4.69, 9.17) is 19.7 Å². The molecular weight excluding hydrogens is 248 g/mol. The van der Waals surface area contributed by atoms with Crippen LogP contribution in [0.3, 0.4) is 0 Å². The van der Waals surface area contributed by atoms with E-state index in [9.17, 15) is 4.79 Å². The van der Waals surface area contributed by atoms with Gasteiger partial charge in [0.25, 0.3) is 0 Å². The fourth-order valence-electron chi connectivity index (χ4n) is 2.32. The third-order valence-electron chi connectivity index (χ3n) is 3.57. The van der Waals surface area contributed by atoms with E-state index < -0.39 is 11.9 Å². The van der Waals surface area contributed by atoms with Crippen molar-refractivity contribution < 1.29 is 24.5 Å². The molecule has 1 saturated carbocycles. The second-order valence-electron chi connectivity index (χ2n) is 4.74. The maximum atomic E-state index is 10.9. The summed E-state index contributed by atoms with van der Waals surface area (Å²) in [6.07, 6.45) is 0. The topological polar surface area (TPSA) is 76.0 Å². The van der Waals surface area contributed by atoms with Crippen LogP contribution in [0.4, 0.5) is 0 Å². The summed E-state index contributed by atoms with van der Waals surface area (Å²) in [5.41, 5.74) is 1.01. The Hall–Kier alpha value is -1.59. The Morgan fingerprint density at radius 2 is 1.95 bits per heavy atom. The Balaban J connectivity index is 1.76. The summed E-state index contributed by atoms with van der Waals surface area (Å²) in [7, 11) is 1.61. The summed E-state index contributed by atoms with van der Waals surface area (Å²) < 4.78 is 10.6. The molecule has 0 radical (unpaired) electrons. The van der Waals surface area contributed by atoms with Crippen molar-refractivity contribution in [3.05, 3.63) is 29.8 Å². The summed E-state index contributed by atoms with van der Waals surface area (Å²) in [5, 5.41) is 18.0. The predicted octanol–water partition coefficient (Wildman–Crippen LogP) is 1.15. The van der Waals surface area contributed by atoms with E-state index in [1.54, 1.807) is 7.11 Å². The molecular formula is C14H18O5. The molecule has 0 saturated heterocycles. The van der Waals surface area contributed by atoms with Gasteiger partial charge in [0.2, 0.25) is 0 Å². The van der Waals surface area contributed by atoms with Gasteiger partial charge in [0.15, 0.2) is 0 Å². The number of hydrogen-bond donors (Lipinski definition) is 2. The average molecular weight is 266 g/mol. The van der Waals surface area contributed by atoms with Gasteiger partial charge in [-0.2, -0.15) is 0 Å². The first kappa shape index (κ1) is 13.8. The maximum Gasteiger partial charge on any atom is 0.307 e. The number of aliphatic carboxylic acids is 1. The van der Waals surface area contributed by atoms with Gasteiger partial charge >= 0.3 is 5.97 Å². The molecule has 0 spiro atoms. The zero-order valence-corrected chi connectivity index (χ0v) is 10.8. The molecule has 19 heavy (non-hydrogen) atoms. The number of carboxylic acids is 1. The van der Waals surface area contributed by atoms with Crippen LogP contribution in [0.5, 0.6) is 5.75 Å². The smallest absolute Gasteiger partial charge is 0.307 e. The standard InChI is InChI=1S/C14H18O5/c1-18-10-4-2-9(3-5-10)7-19-8-12-11(6-15)13(12)14(16)17/h2-5,11-13,15H,6-8H2,1H3,(H,16,17)/t11-,12-,13-/m0/s1. The number of rotatable bonds is 7. The third kappa shape index (κ3) is 3.24. The molecule has 0 aromatic heterocycles. The molecule has 2 N–H and O–H groups in total. The van der Waals surface area contributed by atoms with Crippen LogP contribution >= 0.6 is 0 Å². The van der Waals surface area contributed by atoms with Gasteiger partial charge in [0.1, 0.15) is 5.75 Å². The number of carbonyl (C=O) groups is 1. The fraction of sp³-hybridized carbons (Fsp3) is 0.500. The summed E-state index contributed by atoms with van der Waals surface area (Å²) in [6, 6.07) is 7.52. The second kappa shape index (κ2) is 6.04. The Labute approximate surface area is 111 Å². The molecule has 1 aliphatic carbocycles. The zero-order chi connectivity index (χ0) is 13.8. The molecule has 2 rings (SSSR count). The number of aliphatic hydroxyl groups is 1. The highest BCUT2D eigenvalue weighted by atomic mass is 16.5. The second-order valence-corrected chi connectivity index (χ2v) is 4.74. The van der Waals surface area contributed by atoms with Crippen molar-refractivity contribution in [3.8, 4) is 5.75 Å². The molecule has 1 aromatic carbocycles. The highest BCUT2D eigenvalue weighted by Crippen LogP contribution is 2.46. The number of hydrogen-bond acceptors (Lipinski definition) is 4. The minimum absolute atomic E-state index is 0.0688. The molecule has 104 valence electrons. The zero-order valence-electron chi connectivity index (χ0n) is 10.8. The summed E-state index contributed by atoms with van der Waals surface area (Å²) in [5.74, 6) is -0.746. The number of benzene rings is 1. The van der Waals surface area contributed by atoms with E-state index in [1.807, 2.05) is 24.3 Å². The lowest BCUT2D eigenvalue weighted by Gasteiger charge is -2.05. The Kier molecular flexibility index (Phi) is 4.39. The number of carboxylic acid groups (broad SMARTS) is 1. The number of aliphatic hydroxyl groups excluding tert-OH is 1. The van der Waals surface area contributed by atoms with Crippen molar-refractivity contribution in [2.75, 3.05) is 20.3 Å². The first-order chi connectivity index (χ1) is 9.17. The van der Waals surface area contributed by atoms with Gasteiger partial charge in [0.05, 0.1) is 26.2 Å². The highest BCUT2D eigenvalue weighted by Gasteiger charge is 2.54. The first-order valence-electron chi connectivity index (χ1n) is 6.21. The van der Waals surface area contributed by atoms with Crippen LogP contribution in [-0.2, 0) is 16.1 Å². The molecule has 0 unspecified atom stereocenters. The van der Waals surface area contributed by atoms with E-state index in [0.717, 1.165) is 11.3 Å². The summed E-state index contributed by atoms with van der Waals surface area (Å²) in [6.45, 7) is 0.715. The van der Waals surface area contributed by atoms with Gasteiger partial charge < -0.3 is 19.7 Å². The van der Waals surface area contributed by atoms with Crippen LogP contribution in [0.1, 0.15) is 5.56 Å². The van der Waals surface area contributed by atoms with Crippen molar-refractivity contribution in [3.63, 3.8) is 0 Å². The molecule has 1 fully saturated rings. The molecule has 0 heterocycles. The summed E-state index contributed by atoms with van der Waals surface area (Å²) in [4.78, 5) is 10.9. The summed E-state index contributed by atoms with van der Waals surface area (Å²) >= 11 is 0. The highest BCUT2D eigenvalue weighted by molar-refractivity contribution is 5.74. The predicted molar refractivity (Wildman–Crippen MR) is 67.8 cm³/mol. The molecule has 1 aromatic rings. The maximum absolute atomic E-state index is 10.9. The molecule has 5 nitrogen and oxygen atoms in total. The fourth-order valence-corrected chi connectivity index (χ4v) is 2.32. The molecule has 0 amide bonds. The quantitative estimate of drug-likeness (QED) is 0.774. The van der Waals surface area contributed by atoms with E-state index >= 15 is 0 Å². The van der Waals surface area contributed by atoms with Gasteiger partial charge in [0, 0.05) is 18.4 Å². The molecule has 1 aliphatic rings. The lowest BCUT2D eigenvalue weighted by Crippen LogP contribution is -2.04. The molecule has 5 heteroatoms. The van der Waals surface area contributed by atoms with Crippen molar-refractivity contribution >= 4 is 5.97 Å². The number of methoxy groups -OCH3 is 1. The van der Waals surface area contributed by atoms with Crippen molar-refractivity contribution in [2.45, 2.75) is 6.61 Å². The minimum atomic E-state index is -0.850. The van der Waals surface area contributed by atoms with Crippen LogP contribution in [0.2, 0.25) is 0 Å². The number of ether oxygens (including phenoxy) is 2. The van der Waals surface area contributed by atoms with Gasteiger partial charge in [-0.15, -0.1) is 0 Å². The largest absolute Gasteiger partial charge is 0.497 e. The van der Waals surface area contributed by atoms with E-state index in [2.05, 4.69) is 0 Å². The van der Waals surface area contributed by atoms with E-state index in [0.29, 0.717) is 13.2 Å². The van der Waals surface area contributed by atoms with Crippen LogP contribution in [-0.4, -0.2) is 36.5 Å². The van der Waals surface area contributed by atoms with Crippen molar-refractivity contribution in [1.82, 2.24) is 0 Å². The average Bonchev–Trinajstić information content (AvgIpc) is 3.13. The van der Waals surface area contributed by atoms with Crippen LogP contribution < -0.4 is 4.74 Å². The van der Waals surface area contributed by atoms with Crippen LogP contribution in [0.25, 0.3) is 0 Å². The lowest BCUT2D eigenvalue weighted by molar-refractivity contribution is -0.139. The van der Waals surface area contributed by atoms with Crippen molar-refractivity contribution in [2.24, 2.45) is 17.8 Å².